The van der Waals surface area contributed by atoms with Crippen molar-refractivity contribution in [1.82, 2.24) is 15.0 Å². The van der Waals surface area contributed by atoms with Gasteiger partial charge >= 0.3 is 0 Å². The SMILES string of the molecule is c1ccc2cc(-c3ccc(-c4nc(-c5ccc6c(c5)oc5ccccc56)nc(-c5cccc6c5ccc5ccc7ccccc7c56)n4)cc3)ccc2c1. The maximum Gasteiger partial charge on any atom is 0.164 e. The van der Waals surface area contributed by atoms with E-state index in [-0.39, 0.29) is 0 Å². The van der Waals surface area contributed by atoms with Crippen LogP contribution in [0.3, 0.4) is 0 Å². The van der Waals surface area contributed by atoms with Gasteiger partial charge in [-0.25, -0.2) is 15.0 Å². The molecular formula is C49H29N3O. The third kappa shape index (κ3) is 4.88. The molecule has 0 N–H and O–H groups in total. The summed E-state index contributed by atoms with van der Waals surface area (Å²) in [4.78, 5) is 15.5. The lowest BCUT2D eigenvalue weighted by molar-refractivity contribution is 0.669. The monoisotopic (exact) mass is 675 g/mol. The molecule has 9 aromatic carbocycles. The van der Waals surface area contributed by atoms with Crippen LogP contribution >= 0.6 is 0 Å². The van der Waals surface area contributed by atoms with Crippen molar-refractivity contribution in [1.29, 1.82) is 0 Å². The van der Waals surface area contributed by atoms with Crippen molar-refractivity contribution in [2.75, 3.05) is 0 Å². The van der Waals surface area contributed by atoms with Crippen LogP contribution in [0.25, 0.3) is 110 Å². The summed E-state index contributed by atoms with van der Waals surface area (Å²) < 4.78 is 6.29. The molecule has 246 valence electrons. The summed E-state index contributed by atoms with van der Waals surface area (Å²) in [6, 6.07) is 61.8. The summed E-state index contributed by atoms with van der Waals surface area (Å²) in [6.45, 7) is 0. The first-order valence-electron chi connectivity index (χ1n) is 17.8. The number of rotatable bonds is 4. The molecule has 0 amide bonds. The molecular weight excluding hydrogens is 647 g/mol. The van der Waals surface area contributed by atoms with E-state index < -0.39 is 0 Å². The van der Waals surface area contributed by atoms with E-state index in [0.29, 0.717) is 17.5 Å². The van der Waals surface area contributed by atoms with Crippen LogP contribution in [0, 0.1) is 0 Å². The van der Waals surface area contributed by atoms with E-state index in [1.165, 1.54) is 43.3 Å². The standard InChI is InChI=1S/C49H29N3O/c1-2-10-35-28-36(23-18-30(35)8-1)31-16-21-34(22-17-31)47-50-48(37-25-27-41-40-12-5-6-15-44(40)53-45(41)29-37)52-49(51-47)43-14-7-13-42-39(43)26-24-33-20-19-32-9-3-4-11-38(32)46(33)42/h1-29H. The molecule has 2 aromatic heterocycles. The zero-order valence-electron chi connectivity index (χ0n) is 28.5. The van der Waals surface area contributed by atoms with Crippen LogP contribution in [0.15, 0.2) is 180 Å². The van der Waals surface area contributed by atoms with Gasteiger partial charge in [0.1, 0.15) is 11.2 Å². The van der Waals surface area contributed by atoms with Gasteiger partial charge in [-0.15, -0.1) is 0 Å². The van der Waals surface area contributed by atoms with E-state index in [2.05, 4.69) is 152 Å². The van der Waals surface area contributed by atoms with Crippen LogP contribution in [0.2, 0.25) is 0 Å². The second kappa shape index (κ2) is 11.7. The lowest BCUT2D eigenvalue weighted by Gasteiger charge is -2.13. The van der Waals surface area contributed by atoms with Gasteiger partial charge in [0.25, 0.3) is 0 Å². The Balaban J connectivity index is 1.10. The molecule has 2 heterocycles. The topological polar surface area (TPSA) is 51.8 Å². The maximum atomic E-state index is 6.29. The Bertz CT molecular complexity index is 3230. The zero-order chi connectivity index (χ0) is 34.9. The van der Waals surface area contributed by atoms with Crippen molar-refractivity contribution >= 4 is 65.0 Å². The number of hydrogen-bond acceptors (Lipinski definition) is 4. The van der Waals surface area contributed by atoms with Crippen LogP contribution in [0.5, 0.6) is 0 Å². The summed E-state index contributed by atoms with van der Waals surface area (Å²) in [5.41, 5.74) is 6.71. The third-order valence-electron chi connectivity index (χ3n) is 10.5. The Morgan fingerprint density at radius 2 is 0.887 bits per heavy atom. The van der Waals surface area contributed by atoms with E-state index in [4.69, 9.17) is 19.4 Å². The van der Waals surface area contributed by atoms with Crippen molar-refractivity contribution in [3.63, 3.8) is 0 Å². The van der Waals surface area contributed by atoms with Crippen molar-refractivity contribution in [2.24, 2.45) is 0 Å². The fourth-order valence-corrected chi connectivity index (χ4v) is 7.86. The summed E-state index contributed by atoms with van der Waals surface area (Å²) in [7, 11) is 0. The van der Waals surface area contributed by atoms with Crippen molar-refractivity contribution in [2.45, 2.75) is 0 Å². The quantitative estimate of drug-likeness (QED) is 0.174. The van der Waals surface area contributed by atoms with Crippen LogP contribution in [0.4, 0.5) is 0 Å². The Labute approximate surface area is 304 Å². The van der Waals surface area contributed by atoms with Gasteiger partial charge in [-0.05, 0) is 78.5 Å². The van der Waals surface area contributed by atoms with Crippen molar-refractivity contribution in [3.8, 4) is 45.3 Å². The smallest absolute Gasteiger partial charge is 0.164 e. The van der Waals surface area contributed by atoms with Gasteiger partial charge < -0.3 is 4.42 Å². The van der Waals surface area contributed by atoms with Crippen LogP contribution in [-0.4, -0.2) is 15.0 Å². The fourth-order valence-electron chi connectivity index (χ4n) is 7.86. The van der Waals surface area contributed by atoms with Gasteiger partial charge in [0.05, 0.1) is 0 Å². The van der Waals surface area contributed by atoms with E-state index in [0.717, 1.165) is 49.6 Å². The molecule has 0 saturated carbocycles. The highest BCUT2D eigenvalue weighted by molar-refractivity contribution is 6.22. The lowest BCUT2D eigenvalue weighted by Crippen LogP contribution is -2.00. The van der Waals surface area contributed by atoms with Crippen molar-refractivity contribution < 1.29 is 4.42 Å². The van der Waals surface area contributed by atoms with Crippen LogP contribution in [0.1, 0.15) is 0 Å². The third-order valence-corrected chi connectivity index (χ3v) is 10.5. The molecule has 0 bridgehead atoms. The second-order valence-electron chi connectivity index (χ2n) is 13.6. The molecule has 0 aliphatic heterocycles. The number of hydrogen-bond donors (Lipinski definition) is 0. The van der Waals surface area contributed by atoms with Crippen molar-refractivity contribution in [3.05, 3.63) is 176 Å². The highest BCUT2D eigenvalue weighted by Crippen LogP contribution is 2.38. The first-order valence-corrected chi connectivity index (χ1v) is 17.8. The molecule has 4 nitrogen and oxygen atoms in total. The normalized spacial score (nSPS) is 11.8. The first-order chi connectivity index (χ1) is 26.2. The molecule has 0 spiro atoms. The van der Waals surface area contributed by atoms with Gasteiger partial charge in [-0.3, -0.25) is 0 Å². The number of nitrogens with zero attached hydrogens (tertiary/aromatic N) is 3. The van der Waals surface area contributed by atoms with E-state index in [9.17, 15) is 0 Å². The Morgan fingerprint density at radius 1 is 0.302 bits per heavy atom. The van der Waals surface area contributed by atoms with Crippen LogP contribution in [-0.2, 0) is 0 Å². The van der Waals surface area contributed by atoms with Gasteiger partial charge in [0, 0.05) is 27.5 Å². The summed E-state index contributed by atoms with van der Waals surface area (Å²) in [5, 5.41) is 11.8. The molecule has 0 unspecified atom stereocenters. The Hall–Kier alpha value is -7.17. The number of aromatic nitrogens is 3. The van der Waals surface area contributed by atoms with E-state index in [1.54, 1.807) is 0 Å². The van der Waals surface area contributed by atoms with E-state index in [1.807, 2.05) is 24.3 Å². The zero-order valence-corrected chi connectivity index (χ0v) is 28.5. The molecule has 0 radical (unpaired) electrons. The average molecular weight is 676 g/mol. The summed E-state index contributed by atoms with van der Waals surface area (Å²) in [5.74, 6) is 1.83. The molecule has 11 rings (SSSR count). The molecule has 0 fully saturated rings. The number of benzene rings is 9. The highest BCUT2D eigenvalue weighted by Gasteiger charge is 2.17. The molecule has 53 heavy (non-hydrogen) atoms. The lowest BCUT2D eigenvalue weighted by atomic mass is 9.94. The minimum atomic E-state index is 0.592. The predicted molar refractivity (Wildman–Crippen MR) is 219 cm³/mol. The number of fused-ring (bicyclic) bond motifs is 9. The Morgan fingerprint density at radius 3 is 1.77 bits per heavy atom. The van der Waals surface area contributed by atoms with Gasteiger partial charge in [0.15, 0.2) is 17.5 Å². The number of furan rings is 1. The molecule has 11 aromatic rings. The average Bonchev–Trinajstić information content (AvgIpc) is 3.61. The molecule has 0 saturated heterocycles. The molecule has 0 aliphatic carbocycles. The van der Waals surface area contributed by atoms with Crippen LogP contribution < -0.4 is 0 Å². The molecule has 4 heteroatoms. The van der Waals surface area contributed by atoms with Gasteiger partial charge in [-0.2, -0.15) is 0 Å². The summed E-state index contributed by atoms with van der Waals surface area (Å²) in [6.07, 6.45) is 0. The Kier molecular flexibility index (Phi) is 6.52. The molecule has 0 atom stereocenters. The fraction of sp³-hybridized carbons (Fsp3) is 0. The number of para-hydroxylation sites is 1. The largest absolute Gasteiger partial charge is 0.456 e. The van der Waals surface area contributed by atoms with E-state index >= 15 is 0 Å². The first kappa shape index (κ1) is 29.5. The predicted octanol–water partition coefficient (Wildman–Crippen LogP) is 13.1. The highest BCUT2D eigenvalue weighted by atomic mass is 16.3. The second-order valence-corrected chi connectivity index (χ2v) is 13.6. The minimum absolute atomic E-state index is 0.592. The van der Waals surface area contributed by atoms with Gasteiger partial charge in [-0.1, -0.05) is 152 Å². The summed E-state index contributed by atoms with van der Waals surface area (Å²) >= 11 is 0. The minimum Gasteiger partial charge on any atom is -0.456 e. The maximum absolute atomic E-state index is 6.29. The molecule has 0 aliphatic rings. The van der Waals surface area contributed by atoms with Gasteiger partial charge in [0.2, 0.25) is 0 Å².